The van der Waals surface area contributed by atoms with Crippen LogP contribution in [0, 0.1) is 0 Å². The summed E-state index contributed by atoms with van der Waals surface area (Å²) in [4.78, 5) is 4.29. The van der Waals surface area contributed by atoms with E-state index >= 15 is 0 Å². The molecule has 0 aromatic carbocycles. The Morgan fingerprint density at radius 2 is 2.57 bits per heavy atom. The zero-order valence-electron chi connectivity index (χ0n) is 8.46. The lowest BCUT2D eigenvalue weighted by Crippen LogP contribution is -2.22. The first kappa shape index (κ1) is 11.7. The van der Waals surface area contributed by atoms with E-state index in [4.69, 9.17) is 11.6 Å². The molecule has 1 unspecified atom stereocenters. The predicted molar refractivity (Wildman–Crippen MR) is 62.8 cm³/mol. The molecule has 0 aliphatic heterocycles. The summed E-state index contributed by atoms with van der Waals surface area (Å²) in [6, 6.07) is 0.349. The van der Waals surface area contributed by atoms with Gasteiger partial charge in [-0.1, -0.05) is 18.5 Å². The lowest BCUT2D eigenvalue weighted by atomic mass is 10.2. The number of rotatable bonds is 5. The average Bonchev–Trinajstić information content (AvgIpc) is 2.72. The van der Waals surface area contributed by atoms with Gasteiger partial charge in [0, 0.05) is 23.7 Å². The Bertz CT molecular complexity index is 282. The molecule has 0 amide bonds. The van der Waals surface area contributed by atoms with E-state index in [0.29, 0.717) is 6.04 Å². The van der Waals surface area contributed by atoms with E-state index in [9.17, 15) is 0 Å². The second kappa shape index (κ2) is 6.17. The summed E-state index contributed by atoms with van der Waals surface area (Å²) in [6.07, 6.45) is 2.89. The van der Waals surface area contributed by atoms with Crippen molar-refractivity contribution in [1.82, 2.24) is 10.3 Å². The summed E-state index contributed by atoms with van der Waals surface area (Å²) in [5, 5.41) is 6.57. The van der Waals surface area contributed by atoms with E-state index in [1.807, 2.05) is 18.5 Å². The van der Waals surface area contributed by atoms with Crippen LogP contribution in [0.2, 0.25) is 0 Å². The van der Waals surface area contributed by atoms with Gasteiger partial charge in [-0.05, 0) is 18.9 Å². The van der Waals surface area contributed by atoms with Gasteiger partial charge in [-0.3, -0.25) is 0 Å². The Morgan fingerprint density at radius 3 is 3.07 bits per heavy atom. The first-order valence-corrected chi connectivity index (χ1v) is 5.98. The minimum Gasteiger partial charge on any atom is -0.304 e. The fourth-order valence-corrected chi connectivity index (χ4v) is 2.01. The van der Waals surface area contributed by atoms with Gasteiger partial charge in [0.25, 0.3) is 0 Å². The van der Waals surface area contributed by atoms with Crippen molar-refractivity contribution >= 4 is 22.9 Å². The summed E-state index contributed by atoms with van der Waals surface area (Å²) >= 11 is 7.28. The molecule has 1 aromatic heterocycles. The highest BCUT2D eigenvalue weighted by Crippen LogP contribution is 2.18. The fourth-order valence-electron chi connectivity index (χ4n) is 1.14. The molecule has 2 nitrogen and oxygen atoms in total. The number of nitrogens with zero attached hydrogens (tertiary/aromatic N) is 1. The van der Waals surface area contributed by atoms with Crippen LogP contribution in [0.25, 0.3) is 0 Å². The number of halogens is 1. The van der Waals surface area contributed by atoms with Crippen LogP contribution in [0.4, 0.5) is 0 Å². The van der Waals surface area contributed by atoms with Gasteiger partial charge in [-0.15, -0.1) is 11.3 Å². The topological polar surface area (TPSA) is 24.9 Å². The van der Waals surface area contributed by atoms with Crippen molar-refractivity contribution in [2.24, 2.45) is 0 Å². The highest BCUT2D eigenvalue weighted by atomic mass is 35.5. The molecule has 14 heavy (non-hydrogen) atoms. The largest absolute Gasteiger partial charge is 0.304 e. The Kier molecular flexibility index (Phi) is 5.15. The highest BCUT2D eigenvalue weighted by Gasteiger charge is 2.10. The molecule has 0 saturated carbocycles. The van der Waals surface area contributed by atoms with Crippen LogP contribution in [0.3, 0.4) is 0 Å². The molecule has 1 heterocycles. The van der Waals surface area contributed by atoms with E-state index in [1.54, 1.807) is 16.9 Å². The second-order valence-corrected chi connectivity index (χ2v) is 4.31. The van der Waals surface area contributed by atoms with Crippen molar-refractivity contribution in [2.45, 2.75) is 26.3 Å². The quantitative estimate of drug-likeness (QED) is 0.840. The zero-order valence-corrected chi connectivity index (χ0v) is 10.0. The molecule has 0 bridgehead atoms. The van der Waals surface area contributed by atoms with Crippen LogP contribution in [0.5, 0.6) is 0 Å². The minimum absolute atomic E-state index is 0.349. The van der Waals surface area contributed by atoms with Gasteiger partial charge in [0.1, 0.15) is 5.01 Å². The molecule has 0 radical (unpaired) electrons. The van der Waals surface area contributed by atoms with Gasteiger partial charge in [-0.2, -0.15) is 0 Å². The highest BCUT2D eigenvalue weighted by molar-refractivity contribution is 7.09. The number of nitrogens with one attached hydrogen (secondary N) is 1. The van der Waals surface area contributed by atoms with Gasteiger partial charge < -0.3 is 5.32 Å². The number of aromatic nitrogens is 1. The van der Waals surface area contributed by atoms with Crippen molar-refractivity contribution < 1.29 is 0 Å². The molecule has 1 atom stereocenters. The lowest BCUT2D eigenvalue weighted by molar-refractivity contribution is 0.541. The zero-order chi connectivity index (χ0) is 10.4. The Hall–Kier alpha value is -0.380. The molecule has 0 saturated heterocycles. The van der Waals surface area contributed by atoms with E-state index < -0.39 is 0 Å². The van der Waals surface area contributed by atoms with Crippen LogP contribution in [-0.2, 0) is 0 Å². The van der Waals surface area contributed by atoms with E-state index in [2.05, 4.69) is 17.2 Å². The molecular formula is C10H15ClN2S. The first-order valence-electron chi connectivity index (χ1n) is 4.66. The van der Waals surface area contributed by atoms with Crippen molar-refractivity contribution in [2.75, 3.05) is 6.54 Å². The first-order chi connectivity index (χ1) is 6.77. The van der Waals surface area contributed by atoms with Gasteiger partial charge in [0.2, 0.25) is 0 Å². The predicted octanol–water partition coefficient (Wildman–Crippen LogP) is 3.33. The van der Waals surface area contributed by atoms with Crippen LogP contribution in [0.1, 0.15) is 31.3 Å². The SMILES string of the molecule is CCC(NC/C(C)=C/Cl)c1nccs1. The molecule has 1 rings (SSSR count). The minimum atomic E-state index is 0.349. The van der Waals surface area contributed by atoms with Gasteiger partial charge in [0.15, 0.2) is 0 Å². The molecule has 0 aliphatic rings. The summed E-state index contributed by atoms with van der Waals surface area (Å²) in [5.74, 6) is 0. The fraction of sp³-hybridized carbons (Fsp3) is 0.500. The third-order valence-corrected chi connectivity index (χ3v) is 3.23. The molecule has 0 fully saturated rings. The van der Waals surface area contributed by atoms with Crippen molar-refractivity contribution in [3.05, 3.63) is 27.7 Å². The van der Waals surface area contributed by atoms with E-state index in [-0.39, 0.29) is 0 Å². The number of thiazole rings is 1. The third-order valence-electron chi connectivity index (χ3n) is 1.97. The Balaban J connectivity index is 2.48. The number of hydrogen-bond donors (Lipinski definition) is 1. The number of hydrogen-bond acceptors (Lipinski definition) is 3. The molecule has 0 aliphatic carbocycles. The molecule has 4 heteroatoms. The maximum Gasteiger partial charge on any atom is 0.109 e. The van der Waals surface area contributed by atoms with E-state index in [0.717, 1.165) is 23.5 Å². The second-order valence-electron chi connectivity index (χ2n) is 3.17. The van der Waals surface area contributed by atoms with Crippen molar-refractivity contribution in [3.8, 4) is 0 Å². The molecule has 0 spiro atoms. The molecule has 1 aromatic rings. The van der Waals surface area contributed by atoms with Gasteiger partial charge in [-0.25, -0.2) is 4.98 Å². The summed E-state index contributed by atoms with van der Waals surface area (Å²) in [6.45, 7) is 4.98. The van der Waals surface area contributed by atoms with Crippen LogP contribution < -0.4 is 5.32 Å². The molecular weight excluding hydrogens is 216 g/mol. The van der Waals surface area contributed by atoms with Crippen molar-refractivity contribution in [1.29, 1.82) is 0 Å². The monoisotopic (exact) mass is 230 g/mol. The standard InChI is InChI=1S/C10H15ClN2S/c1-3-9(10-12-4-5-14-10)13-7-8(2)6-11/h4-6,9,13H,3,7H2,1-2H3/b8-6+. The van der Waals surface area contributed by atoms with Crippen LogP contribution >= 0.6 is 22.9 Å². The summed E-state index contributed by atoms with van der Waals surface area (Å²) in [5.41, 5.74) is 2.75. The Morgan fingerprint density at radius 1 is 1.79 bits per heavy atom. The summed E-state index contributed by atoms with van der Waals surface area (Å²) in [7, 11) is 0. The smallest absolute Gasteiger partial charge is 0.109 e. The Labute approximate surface area is 94.0 Å². The van der Waals surface area contributed by atoms with Crippen LogP contribution in [0.15, 0.2) is 22.7 Å². The average molecular weight is 231 g/mol. The molecule has 1 N–H and O–H groups in total. The van der Waals surface area contributed by atoms with Crippen LogP contribution in [-0.4, -0.2) is 11.5 Å². The molecule has 78 valence electrons. The third kappa shape index (κ3) is 3.40. The normalized spacial score (nSPS) is 14.4. The maximum atomic E-state index is 5.59. The van der Waals surface area contributed by atoms with Crippen molar-refractivity contribution in [3.63, 3.8) is 0 Å². The van der Waals surface area contributed by atoms with E-state index in [1.165, 1.54) is 0 Å². The maximum absolute atomic E-state index is 5.59. The van der Waals surface area contributed by atoms with Gasteiger partial charge >= 0.3 is 0 Å². The lowest BCUT2D eigenvalue weighted by Gasteiger charge is -2.14. The summed E-state index contributed by atoms with van der Waals surface area (Å²) < 4.78 is 0. The van der Waals surface area contributed by atoms with Gasteiger partial charge in [0.05, 0.1) is 6.04 Å².